The number of hydrogen-bond acceptors (Lipinski definition) is 0. The Labute approximate surface area is 187 Å². The van der Waals surface area contributed by atoms with Gasteiger partial charge in [0, 0.05) is 16.8 Å². The fraction of sp³-hybridized carbons (Fsp3) is 0.241. The summed E-state index contributed by atoms with van der Waals surface area (Å²) in [5, 5.41) is 6.20. The number of aromatic nitrogens is 2. The Balaban J connectivity index is 1.95. The van der Waals surface area contributed by atoms with Crippen LogP contribution in [-0.2, 0) is 13.5 Å². The molecule has 3 heteroatoms. The van der Waals surface area contributed by atoms with E-state index in [1.165, 1.54) is 49.2 Å². The van der Waals surface area contributed by atoms with Gasteiger partial charge in [0.05, 0.1) is 33.9 Å². The van der Waals surface area contributed by atoms with Crippen LogP contribution in [0.15, 0.2) is 54.7 Å². The van der Waals surface area contributed by atoms with Gasteiger partial charge in [-0.25, -0.2) is 9.41 Å². The predicted octanol–water partition coefficient (Wildman–Crippen LogP) is 7.26. The van der Waals surface area contributed by atoms with Gasteiger partial charge < -0.3 is 4.40 Å². The van der Waals surface area contributed by atoms with Crippen LogP contribution in [0, 0.1) is 18.9 Å². The number of fused-ring (bicyclic) bond motifs is 5. The number of benzene rings is 3. The minimum Gasteiger partial charge on any atom is -0.309 e. The molecule has 0 unspecified atom stereocenters. The lowest BCUT2D eigenvalue weighted by molar-refractivity contribution is -0.643. The average Bonchev–Trinajstić information content (AvgIpc) is 3.07. The van der Waals surface area contributed by atoms with Crippen LogP contribution >= 0.6 is 0 Å². The number of rotatable bonds is 1. The first-order chi connectivity index (χ1) is 15.3. The average molecular weight is 417 g/mol. The summed E-state index contributed by atoms with van der Waals surface area (Å²) >= 11 is 0. The highest BCUT2D eigenvalue weighted by Crippen LogP contribution is 2.42. The summed E-state index contributed by atoms with van der Waals surface area (Å²) < 4.78 is 4.65. The quantitative estimate of drug-likeness (QED) is 0.116. The Hall–Kier alpha value is -3.64. The first kappa shape index (κ1) is 19.1. The van der Waals surface area contributed by atoms with Gasteiger partial charge in [0.1, 0.15) is 7.05 Å². The van der Waals surface area contributed by atoms with Gasteiger partial charge in [-0.3, -0.25) is 0 Å². The Morgan fingerprint density at radius 3 is 2.47 bits per heavy atom. The molecule has 156 valence electrons. The van der Waals surface area contributed by atoms with Crippen LogP contribution in [0.25, 0.3) is 53.8 Å². The Morgan fingerprint density at radius 2 is 1.72 bits per heavy atom. The summed E-state index contributed by atoms with van der Waals surface area (Å²) in [6.45, 7) is 16.8. The molecular formula is C29H26N3+. The van der Waals surface area contributed by atoms with E-state index < -0.39 is 0 Å². The van der Waals surface area contributed by atoms with Gasteiger partial charge in [0.2, 0.25) is 5.52 Å². The van der Waals surface area contributed by atoms with E-state index in [1.807, 2.05) is 6.07 Å². The van der Waals surface area contributed by atoms with Crippen LogP contribution in [0.4, 0.5) is 5.69 Å². The smallest absolute Gasteiger partial charge is 0.224 e. The highest BCUT2D eigenvalue weighted by molar-refractivity contribution is 6.26. The molecule has 3 heterocycles. The van der Waals surface area contributed by atoms with Crippen LogP contribution in [0.3, 0.4) is 0 Å². The molecule has 0 amide bonds. The van der Waals surface area contributed by atoms with E-state index in [1.54, 1.807) is 0 Å². The first-order valence-electron chi connectivity index (χ1n) is 11.2. The van der Waals surface area contributed by atoms with E-state index in [4.69, 9.17) is 6.57 Å². The third-order valence-electron chi connectivity index (χ3n) is 6.74. The highest BCUT2D eigenvalue weighted by atomic mass is 15.0. The van der Waals surface area contributed by atoms with Crippen LogP contribution in [0.5, 0.6) is 0 Å². The third-order valence-corrected chi connectivity index (χ3v) is 6.74. The second-order valence-corrected chi connectivity index (χ2v) is 10.4. The molecule has 0 atom stereocenters. The van der Waals surface area contributed by atoms with Gasteiger partial charge >= 0.3 is 0 Å². The first-order valence-corrected chi connectivity index (χ1v) is 11.2. The van der Waals surface area contributed by atoms with Crippen LogP contribution < -0.4 is 4.57 Å². The monoisotopic (exact) mass is 416 g/mol. The third kappa shape index (κ3) is 2.50. The summed E-state index contributed by atoms with van der Waals surface area (Å²) in [6.07, 6.45) is 3.15. The molecule has 0 spiro atoms. The molecule has 0 bridgehead atoms. The zero-order valence-electron chi connectivity index (χ0n) is 19.2. The molecule has 0 saturated heterocycles. The van der Waals surface area contributed by atoms with Gasteiger partial charge in [-0.05, 0) is 53.5 Å². The number of nitrogens with zero attached hydrogens (tertiary/aromatic N) is 3. The molecule has 32 heavy (non-hydrogen) atoms. The van der Waals surface area contributed by atoms with Gasteiger partial charge in [-0.2, -0.15) is 0 Å². The summed E-state index contributed by atoms with van der Waals surface area (Å²) in [5.41, 5.74) is 8.38. The molecule has 6 aromatic rings. The summed E-state index contributed by atoms with van der Waals surface area (Å²) in [4.78, 5) is 3.80. The molecule has 0 fully saturated rings. The Bertz CT molecular complexity index is 1750. The lowest BCUT2D eigenvalue weighted by atomic mass is 9.88. The zero-order chi connectivity index (χ0) is 22.4. The van der Waals surface area contributed by atoms with Crippen molar-refractivity contribution in [2.75, 3.05) is 0 Å². The maximum absolute atomic E-state index is 7.70. The minimum atomic E-state index is 0.223. The molecule has 0 saturated carbocycles. The number of pyridine rings is 2. The van der Waals surface area contributed by atoms with Crippen molar-refractivity contribution in [1.29, 1.82) is 0 Å². The minimum absolute atomic E-state index is 0.223. The molecule has 0 N–H and O–H groups in total. The molecular weight excluding hydrogens is 390 g/mol. The molecule has 6 rings (SSSR count). The van der Waals surface area contributed by atoms with Gasteiger partial charge in [-0.1, -0.05) is 45.0 Å². The van der Waals surface area contributed by atoms with Crippen molar-refractivity contribution in [3.63, 3.8) is 0 Å². The van der Waals surface area contributed by atoms with E-state index in [0.717, 1.165) is 17.3 Å². The Kier molecular flexibility index (Phi) is 3.70. The van der Waals surface area contributed by atoms with Gasteiger partial charge in [0.25, 0.3) is 0 Å². The summed E-state index contributed by atoms with van der Waals surface area (Å²) in [5.74, 6) is 0. The number of aryl methyl sites for hydroxylation is 2. The topological polar surface area (TPSA) is 12.7 Å². The number of hydrogen-bond donors (Lipinski definition) is 0. The SMILES string of the molecule is [C-]#[N+]c1cc2cc[n+](C)c3c4c(C)ccc5c6ccc(CC(C)(C)C)cc6n(c(c1)c23)c54. The largest absolute Gasteiger partial charge is 0.309 e. The van der Waals surface area contributed by atoms with Gasteiger partial charge in [0.15, 0.2) is 11.9 Å². The van der Waals surface area contributed by atoms with Crippen molar-refractivity contribution < 1.29 is 4.57 Å². The van der Waals surface area contributed by atoms with Crippen LogP contribution in [0.2, 0.25) is 0 Å². The lowest BCUT2D eigenvalue weighted by Crippen LogP contribution is -2.28. The molecule has 0 radical (unpaired) electrons. The van der Waals surface area contributed by atoms with Crippen molar-refractivity contribution in [1.82, 2.24) is 4.40 Å². The Morgan fingerprint density at radius 1 is 0.938 bits per heavy atom. The maximum Gasteiger partial charge on any atom is 0.224 e. The van der Waals surface area contributed by atoms with E-state index >= 15 is 0 Å². The maximum atomic E-state index is 7.70. The predicted molar refractivity (Wildman–Crippen MR) is 134 cm³/mol. The van der Waals surface area contributed by atoms with Crippen molar-refractivity contribution in [3.05, 3.63) is 77.3 Å². The van der Waals surface area contributed by atoms with Gasteiger partial charge in [-0.15, -0.1) is 0 Å². The highest BCUT2D eigenvalue weighted by Gasteiger charge is 2.24. The zero-order valence-corrected chi connectivity index (χ0v) is 19.2. The van der Waals surface area contributed by atoms with Crippen molar-refractivity contribution >= 4 is 54.7 Å². The summed E-state index contributed by atoms with van der Waals surface area (Å²) in [7, 11) is 2.12. The molecule has 0 aliphatic rings. The fourth-order valence-corrected chi connectivity index (χ4v) is 5.53. The van der Waals surface area contributed by atoms with E-state index in [9.17, 15) is 0 Å². The molecule has 3 aromatic heterocycles. The molecule has 0 aliphatic heterocycles. The second-order valence-electron chi connectivity index (χ2n) is 10.4. The summed E-state index contributed by atoms with van der Waals surface area (Å²) in [6, 6.07) is 17.7. The van der Waals surface area contributed by atoms with Crippen molar-refractivity contribution in [2.24, 2.45) is 12.5 Å². The van der Waals surface area contributed by atoms with Crippen LogP contribution in [0.1, 0.15) is 31.9 Å². The van der Waals surface area contributed by atoms with E-state index in [2.05, 4.69) is 97.2 Å². The molecule has 3 aromatic carbocycles. The van der Waals surface area contributed by atoms with E-state index in [-0.39, 0.29) is 5.41 Å². The molecule has 0 aliphatic carbocycles. The molecule has 3 nitrogen and oxygen atoms in total. The van der Waals surface area contributed by atoms with E-state index in [0.29, 0.717) is 5.69 Å². The lowest BCUT2D eigenvalue weighted by Gasteiger charge is -2.18. The standard InChI is InChI=1S/C29H26N3/c1-17-7-9-22-21-10-8-18(16-29(2,3)4)13-23(21)32-24-15-20(30-5)14-19-11-12-31(6)28(26(19)24)25(17)27(22)32/h7-15H,16H2,1-4,6H3/q+1. The normalized spacial score (nSPS) is 12.6. The fourth-order valence-electron chi connectivity index (χ4n) is 5.53. The second kappa shape index (κ2) is 6.20. The van der Waals surface area contributed by atoms with Crippen molar-refractivity contribution in [3.8, 4) is 0 Å². The van der Waals surface area contributed by atoms with Crippen molar-refractivity contribution in [2.45, 2.75) is 34.1 Å². The van der Waals surface area contributed by atoms with Crippen LogP contribution in [-0.4, -0.2) is 4.40 Å².